The Morgan fingerprint density at radius 3 is 2.50 bits per heavy atom. The van der Waals surface area contributed by atoms with Gasteiger partial charge in [-0.1, -0.05) is 23.8 Å². The number of carboxylic acid groups (broad SMARTS) is 1. The SMILES string of the molecule is CC(C)=CC=CCC(=O)O. The van der Waals surface area contributed by atoms with E-state index in [0.29, 0.717) is 0 Å². The third-order valence-electron chi connectivity index (χ3n) is 0.858. The molecule has 0 aliphatic heterocycles. The Bertz CT molecular complexity index is 162. The minimum Gasteiger partial charge on any atom is -0.481 e. The van der Waals surface area contributed by atoms with Crippen molar-refractivity contribution in [2.45, 2.75) is 20.3 Å². The van der Waals surface area contributed by atoms with Crippen LogP contribution in [0.3, 0.4) is 0 Å². The molecule has 56 valence electrons. The molecule has 0 saturated heterocycles. The van der Waals surface area contributed by atoms with E-state index in [-0.39, 0.29) is 6.42 Å². The number of rotatable bonds is 3. The number of carboxylic acids is 1. The molecule has 0 heterocycles. The topological polar surface area (TPSA) is 37.3 Å². The van der Waals surface area contributed by atoms with Crippen LogP contribution in [0.25, 0.3) is 0 Å². The molecule has 2 nitrogen and oxygen atoms in total. The van der Waals surface area contributed by atoms with Crippen molar-refractivity contribution in [3.63, 3.8) is 0 Å². The van der Waals surface area contributed by atoms with Gasteiger partial charge < -0.3 is 5.11 Å². The number of hydrogen-bond acceptors (Lipinski definition) is 1. The number of aliphatic carboxylic acids is 1. The Morgan fingerprint density at radius 1 is 1.50 bits per heavy atom. The monoisotopic (exact) mass is 140 g/mol. The average molecular weight is 140 g/mol. The third-order valence-corrected chi connectivity index (χ3v) is 0.858. The van der Waals surface area contributed by atoms with Crippen LogP contribution < -0.4 is 0 Å². The fourth-order valence-corrected chi connectivity index (χ4v) is 0.429. The number of carbonyl (C=O) groups is 1. The highest BCUT2D eigenvalue weighted by molar-refractivity contribution is 5.68. The number of allylic oxidation sites excluding steroid dienone is 3. The molecule has 0 aromatic carbocycles. The molecule has 0 radical (unpaired) electrons. The maximum Gasteiger partial charge on any atom is 0.307 e. The Labute approximate surface area is 60.9 Å². The fraction of sp³-hybridized carbons (Fsp3) is 0.375. The van der Waals surface area contributed by atoms with Crippen molar-refractivity contribution in [1.82, 2.24) is 0 Å². The lowest BCUT2D eigenvalue weighted by molar-refractivity contribution is -0.135. The van der Waals surface area contributed by atoms with Crippen molar-refractivity contribution in [2.24, 2.45) is 0 Å². The maximum absolute atomic E-state index is 9.97. The zero-order valence-electron chi connectivity index (χ0n) is 6.29. The van der Waals surface area contributed by atoms with Gasteiger partial charge in [-0.15, -0.1) is 0 Å². The van der Waals surface area contributed by atoms with Crippen molar-refractivity contribution < 1.29 is 9.90 Å². The van der Waals surface area contributed by atoms with E-state index in [1.807, 2.05) is 19.9 Å². The molecule has 0 fully saturated rings. The van der Waals surface area contributed by atoms with Gasteiger partial charge in [0.15, 0.2) is 0 Å². The van der Waals surface area contributed by atoms with Crippen molar-refractivity contribution in [1.29, 1.82) is 0 Å². The van der Waals surface area contributed by atoms with E-state index in [1.54, 1.807) is 12.2 Å². The van der Waals surface area contributed by atoms with Crippen molar-refractivity contribution >= 4 is 5.97 Å². The summed E-state index contributed by atoms with van der Waals surface area (Å²) in [6.45, 7) is 3.93. The van der Waals surface area contributed by atoms with E-state index < -0.39 is 5.97 Å². The molecular formula is C8H12O2. The van der Waals surface area contributed by atoms with E-state index in [0.717, 1.165) is 0 Å². The molecule has 2 heteroatoms. The molecule has 0 spiro atoms. The first-order valence-electron chi connectivity index (χ1n) is 3.14. The lowest BCUT2D eigenvalue weighted by atomic mass is 10.3. The van der Waals surface area contributed by atoms with Crippen molar-refractivity contribution in [2.75, 3.05) is 0 Å². The summed E-state index contributed by atoms with van der Waals surface area (Å²) in [6, 6.07) is 0. The predicted molar refractivity (Wildman–Crippen MR) is 40.8 cm³/mol. The van der Waals surface area contributed by atoms with Gasteiger partial charge in [-0.25, -0.2) is 0 Å². The van der Waals surface area contributed by atoms with Gasteiger partial charge in [-0.3, -0.25) is 4.79 Å². The van der Waals surface area contributed by atoms with Gasteiger partial charge >= 0.3 is 5.97 Å². The highest BCUT2D eigenvalue weighted by Crippen LogP contribution is 1.90. The van der Waals surface area contributed by atoms with Gasteiger partial charge in [0.05, 0.1) is 6.42 Å². The largest absolute Gasteiger partial charge is 0.481 e. The minimum absolute atomic E-state index is 0.101. The predicted octanol–water partition coefficient (Wildman–Crippen LogP) is 1.98. The summed E-state index contributed by atoms with van der Waals surface area (Å²) in [5.41, 5.74) is 1.17. The van der Waals surface area contributed by atoms with E-state index in [1.165, 1.54) is 5.57 Å². The maximum atomic E-state index is 9.97. The van der Waals surface area contributed by atoms with Gasteiger partial charge in [-0.05, 0) is 13.8 Å². The van der Waals surface area contributed by atoms with Crippen LogP contribution in [0.1, 0.15) is 20.3 Å². The summed E-state index contributed by atoms with van der Waals surface area (Å²) in [6.07, 6.45) is 5.35. The zero-order chi connectivity index (χ0) is 7.98. The highest BCUT2D eigenvalue weighted by Gasteiger charge is 1.86. The molecule has 0 aromatic rings. The molecule has 0 rings (SSSR count). The van der Waals surface area contributed by atoms with E-state index in [4.69, 9.17) is 5.11 Å². The Hall–Kier alpha value is -1.05. The first kappa shape index (κ1) is 8.95. The van der Waals surface area contributed by atoms with Gasteiger partial charge in [0.25, 0.3) is 0 Å². The molecular weight excluding hydrogens is 128 g/mol. The lowest BCUT2D eigenvalue weighted by Crippen LogP contribution is -1.89. The molecule has 0 bridgehead atoms. The summed E-state index contributed by atoms with van der Waals surface area (Å²) in [5.74, 6) is -0.793. The number of hydrogen-bond donors (Lipinski definition) is 1. The second kappa shape index (κ2) is 4.79. The molecule has 0 aromatic heterocycles. The van der Waals surface area contributed by atoms with Crippen LogP contribution in [0.5, 0.6) is 0 Å². The summed E-state index contributed by atoms with van der Waals surface area (Å²) < 4.78 is 0. The van der Waals surface area contributed by atoms with Gasteiger partial charge in [-0.2, -0.15) is 0 Å². The highest BCUT2D eigenvalue weighted by atomic mass is 16.4. The normalized spacial score (nSPS) is 9.80. The summed E-state index contributed by atoms with van der Waals surface area (Å²) in [4.78, 5) is 9.97. The second-order valence-corrected chi connectivity index (χ2v) is 2.27. The summed E-state index contributed by atoms with van der Waals surface area (Å²) in [7, 11) is 0. The second-order valence-electron chi connectivity index (χ2n) is 2.27. The zero-order valence-corrected chi connectivity index (χ0v) is 6.29. The molecule has 0 unspecified atom stereocenters. The Balaban J connectivity index is 3.58. The van der Waals surface area contributed by atoms with Crippen LogP contribution in [-0.4, -0.2) is 11.1 Å². The third kappa shape index (κ3) is 6.95. The fourth-order valence-electron chi connectivity index (χ4n) is 0.429. The smallest absolute Gasteiger partial charge is 0.307 e. The first-order valence-corrected chi connectivity index (χ1v) is 3.14. The molecule has 1 N–H and O–H groups in total. The van der Waals surface area contributed by atoms with E-state index >= 15 is 0 Å². The molecule has 10 heavy (non-hydrogen) atoms. The van der Waals surface area contributed by atoms with E-state index in [2.05, 4.69) is 0 Å². The standard InChI is InChI=1S/C8H12O2/c1-7(2)5-3-4-6-8(9)10/h3-5H,6H2,1-2H3,(H,9,10). The Kier molecular flexibility index (Phi) is 4.29. The first-order chi connectivity index (χ1) is 4.63. The van der Waals surface area contributed by atoms with Crippen molar-refractivity contribution in [3.05, 3.63) is 23.8 Å². The summed E-state index contributed by atoms with van der Waals surface area (Å²) in [5, 5.41) is 8.21. The molecule has 0 atom stereocenters. The van der Waals surface area contributed by atoms with Gasteiger partial charge in [0.2, 0.25) is 0 Å². The van der Waals surface area contributed by atoms with Crippen molar-refractivity contribution in [3.8, 4) is 0 Å². The van der Waals surface area contributed by atoms with Crippen LogP contribution >= 0.6 is 0 Å². The van der Waals surface area contributed by atoms with Crippen LogP contribution in [0, 0.1) is 0 Å². The Morgan fingerprint density at radius 2 is 2.10 bits per heavy atom. The van der Waals surface area contributed by atoms with Crippen LogP contribution in [0.15, 0.2) is 23.8 Å². The van der Waals surface area contributed by atoms with Gasteiger partial charge in [0.1, 0.15) is 0 Å². The lowest BCUT2D eigenvalue weighted by Gasteiger charge is -1.82. The quantitative estimate of drug-likeness (QED) is 0.608. The van der Waals surface area contributed by atoms with Crippen LogP contribution in [0.4, 0.5) is 0 Å². The van der Waals surface area contributed by atoms with E-state index in [9.17, 15) is 4.79 Å². The molecule has 0 saturated carbocycles. The molecule has 0 amide bonds. The minimum atomic E-state index is -0.793. The summed E-state index contributed by atoms with van der Waals surface area (Å²) >= 11 is 0. The molecule has 0 aliphatic carbocycles. The average Bonchev–Trinajstić information content (AvgIpc) is 1.79. The van der Waals surface area contributed by atoms with Gasteiger partial charge in [0, 0.05) is 0 Å². The van der Waals surface area contributed by atoms with Crippen LogP contribution in [0.2, 0.25) is 0 Å². The molecule has 0 aliphatic rings. The van der Waals surface area contributed by atoms with Crippen LogP contribution in [-0.2, 0) is 4.79 Å².